The van der Waals surface area contributed by atoms with E-state index in [-0.39, 0.29) is 0 Å². The van der Waals surface area contributed by atoms with Crippen LogP contribution in [0.5, 0.6) is 0 Å². The molecule has 5 nitrogen and oxygen atoms in total. The third-order valence-corrected chi connectivity index (χ3v) is 4.03. The number of pyridine rings is 1. The molecule has 0 aromatic carbocycles. The largest absolute Gasteiger partial charge is 0.391 e. The SMILES string of the molecule is CC(O)C(C)(C)NS(=O)(=O)c1ncccc1F. The molecule has 7 heteroatoms. The minimum Gasteiger partial charge on any atom is -0.391 e. The Morgan fingerprint density at radius 1 is 1.53 bits per heavy atom. The third kappa shape index (κ3) is 3.21. The van der Waals surface area contributed by atoms with Crippen molar-refractivity contribution in [3.63, 3.8) is 0 Å². The molecule has 96 valence electrons. The highest BCUT2D eigenvalue weighted by molar-refractivity contribution is 7.89. The van der Waals surface area contributed by atoms with Crippen LogP contribution in [0.2, 0.25) is 0 Å². The van der Waals surface area contributed by atoms with E-state index in [1.807, 2.05) is 0 Å². The van der Waals surface area contributed by atoms with Crippen LogP contribution in [0.4, 0.5) is 4.39 Å². The first-order valence-corrected chi connectivity index (χ1v) is 6.48. The lowest BCUT2D eigenvalue weighted by atomic mass is 10.0. The summed E-state index contributed by atoms with van der Waals surface area (Å²) in [6.45, 7) is 4.43. The van der Waals surface area contributed by atoms with Gasteiger partial charge in [-0.1, -0.05) is 0 Å². The topological polar surface area (TPSA) is 79.3 Å². The fraction of sp³-hybridized carbons (Fsp3) is 0.500. The number of sulfonamides is 1. The van der Waals surface area contributed by atoms with Gasteiger partial charge < -0.3 is 5.11 Å². The third-order valence-electron chi connectivity index (χ3n) is 2.42. The molecule has 17 heavy (non-hydrogen) atoms. The molecule has 0 bridgehead atoms. The molecule has 0 aliphatic rings. The molecular formula is C10H15FN2O3S. The van der Waals surface area contributed by atoms with Gasteiger partial charge in [-0.15, -0.1) is 0 Å². The van der Waals surface area contributed by atoms with Gasteiger partial charge in [-0.25, -0.2) is 22.5 Å². The van der Waals surface area contributed by atoms with Gasteiger partial charge in [0.05, 0.1) is 11.6 Å². The second-order valence-electron chi connectivity index (χ2n) is 4.29. The lowest BCUT2D eigenvalue weighted by molar-refractivity contribution is 0.111. The van der Waals surface area contributed by atoms with E-state index in [1.54, 1.807) is 0 Å². The summed E-state index contributed by atoms with van der Waals surface area (Å²) in [5, 5.41) is 8.75. The Kier molecular flexibility index (Phi) is 3.85. The number of nitrogens with one attached hydrogen (secondary N) is 1. The number of rotatable bonds is 4. The zero-order valence-electron chi connectivity index (χ0n) is 9.81. The molecule has 0 amide bonds. The summed E-state index contributed by atoms with van der Waals surface area (Å²) in [4.78, 5) is 3.49. The Morgan fingerprint density at radius 2 is 2.12 bits per heavy atom. The highest BCUT2D eigenvalue weighted by atomic mass is 32.2. The van der Waals surface area contributed by atoms with Crippen molar-refractivity contribution in [2.45, 2.75) is 37.4 Å². The number of aliphatic hydroxyl groups excluding tert-OH is 1. The molecule has 0 aliphatic heterocycles. The first-order chi connectivity index (χ1) is 7.67. The van der Waals surface area contributed by atoms with E-state index in [9.17, 15) is 17.9 Å². The number of nitrogens with zero attached hydrogens (tertiary/aromatic N) is 1. The zero-order valence-corrected chi connectivity index (χ0v) is 10.6. The second kappa shape index (κ2) is 4.67. The van der Waals surface area contributed by atoms with Gasteiger partial charge in [0, 0.05) is 6.20 Å². The fourth-order valence-corrected chi connectivity index (χ4v) is 2.53. The van der Waals surface area contributed by atoms with Gasteiger partial charge in [-0.3, -0.25) is 0 Å². The van der Waals surface area contributed by atoms with Gasteiger partial charge in [-0.2, -0.15) is 0 Å². The average molecular weight is 262 g/mol. The summed E-state index contributed by atoms with van der Waals surface area (Å²) in [6, 6.07) is 2.31. The van der Waals surface area contributed by atoms with E-state index in [2.05, 4.69) is 9.71 Å². The number of aliphatic hydroxyl groups is 1. The minimum atomic E-state index is -4.09. The van der Waals surface area contributed by atoms with Crippen LogP contribution in [0.15, 0.2) is 23.4 Å². The molecule has 0 spiro atoms. The summed E-state index contributed by atoms with van der Waals surface area (Å²) in [7, 11) is -4.09. The smallest absolute Gasteiger partial charge is 0.261 e. The van der Waals surface area contributed by atoms with Crippen molar-refractivity contribution < 1.29 is 17.9 Å². The summed E-state index contributed by atoms with van der Waals surface area (Å²) < 4.78 is 39.2. The second-order valence-corrected chi connectivity index (χ2v) is 5.89. The van der Waals surface area contributed by atoms with E-state index in [0.717, 1.165) is 6.07 Å². The van der Waals surface area contributed by atoms with Crippen molar-refractivity contribution in [1.82, 2.24) is 9.71 Å². The maximum Gasteiger partial charge on any atom is 0.261 e. The standard InChI is InChI=1S/C10H15FN2O3S/c1-7(14)10(2,3)13-17(15,16)9-8(11)5-4-6-12-9/h4-7,13-14H,1-3H3. The van der Waals surface area contributed by atoms with Gasteiger partial charge in [0.15, 0.2) is 5.82 Å². The fourth-order valence-electron chi connectivity index (χ4n) is 1.05. The minimum absolute atomic E-state index is 0.672. The summed E-state index contributed by atoms with van der Waals surface area (Å²) >= 11 is 0. The predicted molar refractivity (Wildman–Crippen MR) is 60.3 cm³/mol. The van der Waals surface area contributed by atoms with E-state index in [1.165, 1.54) is 33.0 Å². The van der Waals surface area contributed by atoms with Gasteiger partial charge >= 0.3 is 0 Å². The van der Waals surface area contributed by atoms with E-state index >= 15 is 0 Å². The molecule has 0 aliphatic carbocycles. The van der Waals surface area contributed by atoms with Crippen LogP contribution >= 0.6 is 0 Å². The van der Waals surface area contributed by atoms with Crippen molar-refractivity contribution in [3.8, 4) is 0 Å². The van der Waals surface area contributed by atoms with Crippen LogP contribution in [-0.4, -0.2) is 30.2 Å². The Bertz CT molecular complexity index is 500. The van der Waals surface area contributed by atoms with Gasteiger partial charge in [0.25, 0.3) is 10.0 Å². The van der Waals surface area contributed by atoms with Crippen molar-refractivity contribution in [2.24, 2.45) is 0 Å². The van der Waals surface area contributed by atoms with E-state index < -0.39 is 32.5 Å². The van der Waals surface area contributed by atoms with E-state index in [0.29, 0.717) is 0 Å². The predicted octanol–water partition coefficient (Wildman–Crippen LogP) is 0.658. The van der Waals surface area contributed by atoms with Crippen molar-refractivity contribution in [1.29, 1.82) is 0 Å². The number of hydrogen-bond donors (Lipinski definition) is 2. The molecule has 0 radical (unpaired) electrons. The van der Waals surface area contributed by atoms with Gasteiger partial charge in [0.2, 0.25) is 5.03 Å². The van der Waals surface area contributed by atoms with E-state index in [4.69, 9.17) is 0 Å². The normalized spacial score (nSPS) is 14.6. The van der Waals surface area contributed by atoms with Crippen LogP contribution in [0, 0.1) is 5.82 Å². The molecule has 1 heterocycles. The molecule has 1 rings (SSSR count). The summed E-state index contributed by atoms with van der Waals surface area (Å²) in [6.07, 6.45) is 0.261. The molecule has 1 atom stereocenters. The summed E-state index contributed by atoms with van der Waals surface area (Å²) in [5.74, 6) is -0.929. The van der Waals surface area contributed by atoms with Crippen molar-refractivity contribution >= 4 is 10.0 Å². The molecule has 2 N–H and O–H groups in total. The van der Waals surface area contributed by atoms with Gasteiger partial charge in [-0.05, 0) is 32.9 Å². The lowest BCUT2D eigenvalue weighted by Gasteiger charge is -2.28. The maximum absolute atomic E-state index is 13.3. The van der Waals surface area contributed by atoms with Crippen LogP contribution < -0.4 is 4.72 Å². The average Bonchev–Trinajstić information content (AvgIpc) is 2.16. The zero-order chi connectivity index (χ0) is 13.3. The molecular weight excluding hydrogens is 247 g/mol. The van der Waals surface area contributed by atoms with Crippen molar-refractivity contribution in [3.05, 3.63) is 24.1 Å². The Labute approximate surface area is 99.7 Å². The van der Waals surface area contributed by atoms with Crippen LogP contribution in [0.1, 0.15) is 20.8 Å². The first kappa shape index (κ1) is 14.0. The monoisotopic (exact) mass is 262 g/mol. The molecule has 1 aromatic rings. The van der Waals surface area contributed by atoms with Crippen LogP contribution in [-0.2, 0) is 10.0 Å². The molecule has 0 fully saturated rings. The Balaban J connectivity index is 3.11. The van der Waals surface area contributed by atoms with Gasteiger partial charge in [0.1, 0.15) is 0 Å². The molecule has 0 saturated carbocycles. The Hall–Kier alpha value is -1.05. The molecule has 1 unspecified atom stereocenters. The molecule has 0 saturated heterocycles. The van der Waals surface area contributed by atoms with Crippen LogP contribution in [0.3, 0.4) is 0 Å². The maximum atomic E-state index is 13.3. The van der Waals surface area contributed by atoms with Crippen molar-refractivity contribution in [2.75, 3.05) is 0 Å². The first-order valence-electron chi connectivity index (χ1n) is 4.99. The quantitative estimate of drug-likeness (QED) is 0.835. The van der Waals surface area contributed by atoms with Crippen LogP contribution in [0.25, 0.3) is 0 Å². The Morgan fingerprint density at radius 3 is 2.59 bits per heavy atom. The highest BCUT2D eigenvalue weighted by Gasteiger charge is 2.32. The highest BCUT2D eigenvalue weighted by Crippen LogP contribution is 2.16. The number of hydrogen-bond acceptors (Lipinski definition) is 4. The molecule has 1 aromatic heterocycles. The lowest BCUT2D eigenvalue weighted by Crippen LogP contribution is -2.51. The summed E-state index contributed by atoms with van der Waals surface area (Å²) in [5.41, 5.74) is -1.11. The number of aromatic nitrogens is 1. The number of halogens is 1.